The Kier molecular flexibility index (Phi) is 7.25. The van der Waals surface area contributed by atoms with E-state index in [0.717, 1.165) is 28.1 Å². The van der Waals surface area contributed by atoms with E-state index in [1.165, 1.54) is 4.90 Å². The van der Waals surface area contributed by atoms with Crippen molar-refractivity contribution in [3.05, 3.63) is 112 Å². The SMILES string of the molecule is O=C(COc1ccccc1/C=C1\SC(=O)N(Cc2ccc3ccccc3c2)C1=O)Nc1ccccc1Cl. The summed E-state index contributed by atoms with van der Waals surface area (Å²) in [5, 5.41) is 4.94. The number of carbonyl (C=O) groups is 3. The Labute approximate surface area is 222 Å². The Hall–Kier alpha value is -4.07. The van der Waals surface area contributed by atoms with Crippen LogP contribution >= 0.6 is 23.4 Å². The molecular weight excluding hydrogens is 508 g/mol. The molecule has 37 heavy (non-hydrogen) atoms. The zero-order valence-corrected chi connectivity index (χ0v) is 21.1. The van der Waals surface area contributed by atoms with Gasteiger partial charge in [0.25, 0.3) is 17.1 Å². The lowest BCUT2D eigenvalue weighted by Crippen LogP contribution is -2.27. The number of carbonyl (C=O) groups excluding carboxylic acids is 3. The molecule has 1 saturated heterocycles. The van der Waals surface area contributed by atoms with Crippen molar-refractivity contribution < 1.29 is 19.1 Å². The molecule has 1 heterocycles. The zero-order valence-electron chi connectivity index (χ0n) is 19.5. The van der Waals surface area contributed by atoms with Gasteiger partial charge in [0.1, 0.15) is 5.75 Å². The zero-order chi connectivity index (χ0) is 25.8. The van der Waals surface area contributed by atoms with Gasteiger partial charge < -0.3 is 10.1 Å². The minimum absolute atomic E-state index is 0.188. The Morgan fingerprint density at radius 1 is 0.919 bits per heavy atom. The fraction of sp³-hybridized carbons (Fsp3) is 0.0690. The van der Waals surface area contributed by atoms with Crippen molar-refractivity contribution in [3.63, 3.8) is 0 Å². The number of anilines is 1. The van der Waals surface area contributed by atoms with Crippen LogP contribution in [0.2, 0.25) is 5.02 Å². The molecule has 0 aromatic heterocycles. The molecule has 8 heteroatoms. The number of thioether (sulfide) groups is 1. The molecule has 0 aliphatic carbocycles. The number of benzene rings is 4. The van der Waals surface area contributed by atoms with E-state index in [0.29, 0.717) is 26.9 Å². The van der Waals surface area contributed by atoms with E-state index in [4.69, 9.17) is 16.3 Å². The van der Waals surface area contributed by atoms with Gasteiger partial charge in [-0.05, 0) is 58.4 Å². The van der Waals surface area contributed by atoms with Crippen molar-refractivity contribution in [2.45, 2.75) is 6.54 Å². The first kappa shape index (κ1) is 24.6. The van der Waals surface area contributed by atoms with Gasteiger partial charge in [0.2, 0.25) is 0 Å². The minimum Gasteiger partial charge on any atom is -0.483 e. The summed E-state index contributed by atoms with van der Waals surface area (Å²) in [7, 11) is 0. The molecule has 0 bridgehead atoms. The van der Waals surface area contributed by atoms with Crippen LogP contribution in [0.3, 0.4) is 0 Å². The fourth-order valence-electron chi connectivity index (χ4n) is 3.92. The first-order valence-electron chi connectivity index (χ1n) is 11.5. The maximum Gasteiger partial charge on any atom is 0.293 e. The van der Waals surface area contributed by atoms with Crippen LogP contribution in [0.1, 0.15) is 11.1 Å². The summed E-state index contributed by atoms with van der Waals surface area (Å²) < 4.78 is 5.73. The summed E-state index contributed by atoms with van der Waals surface area (Å²) in [6.07, 6.45) is 1.62. The van der Waals surface area contributed by atoms with Gasteiger partial charge in [-0.3, -0.25) is 19.3 Å². The second kappa shape index (κ2) is 10.9. The largest absolute Gasteiger partial charge is 0.483 e. The molecule has 184 valence electrons. The predicted molar refractivity (Wildman–Crippen MR) is 147 cm³/mol. The van der Waals surface area contributed by atoms with Crippen LogP contribution in [0.25, 0.3) is 16.8 Å². The van der Waals surface area contributed by atoms with Crippen LogP contribution in [0.4, 0.5) is 10.5 Å². The van der Waals surface area contributed by atoms with E-state index in [1.54, 1.807) is 54.6 Å². The summed E-state index contributed by atoms with van der Waals surface area (Å²) in [4.78, 5) is 39.7. The number of hydrogen-bond donors (Lipinski definition) is 1. The molecule has 4 aromatic rings. The van der Waals surface area contributed by atoms with E-state index in [9.17, 15) is 14.4 Å². The van der Waals surface area contributed by atoms with Crippen molar-refractivity contribution in [1.82, 2.24) is 4.90 Å². The van der Waals surface area contributed by atoms with Gasteiger partial charge in [-0.1, -0.05) is 78.3 Å². The normalized spacial score (nSPS) is 14.4. The molecule has 1 N–H and O–H groups in total. The predicted octanol–water partition coefficient (Wildman–Crippen LogP) is 6.75. The second-order valence-electron chi connectivity index (χ2n) is 8.30. The monoisotopic (exact) mass is 528 g/mol. The lowest BCUT2D eigenvalue weighted by molar-refractivity contribution is -0.123. The quantitative estimate of drug-likeness (QED) is 0.269. The third kappa shape index (κ3) is 5.69. The molecule has 1 aliphatic heterocycles. The molecule has 6 nitrogen and oxygen atoms in total. The van der Waals surface area contributed by atoms with Gasteiger partial charge in [0.05, 0.1) is 22.2 Å². The first-order valence-corrected chi connectivity index (χ1v) is 12.7. The Bertz CT molecular complexity index is 1550. The average Bonchev–Trinajstić information content (AvgIpc) is 3.16. The van der Waals surface area contributed by atoms with E-state index in [1.807, 2.05) is 42.5 Å². The molecule has 5 rings (SSSR count). The molecule has 0 atom stereocenters. The lowest BCUT2D eigenvalue weighted by atomic mass is 10.1. The van der Waals surface area contributed by atoms with Crippen LogP contribution in [0.15, 0.2) is 95.9 Å². The van der Waals surface area contributed by atoms with Crippen LogP contribution in [-0.2, 0) is 16.1 Å². The van der Waals surface area contributed by atoms with E-state index in [-0.39, 0.29) is 30.2 Å². The van der Waals surface area contributed by atoms with Gasteiger partial charge in [-0.2, -0.15) is 0 Å². The number of nitrogens with one attached hydrogen (secondary N) is 1. The highest BCUT2D eigenvalue weighted by atomic mass is 35.5. The Morgan fingerprint density at radius 3 is 2.49 bits per heavy atom. The smallest absolute Gasteiger partial charge is 0.293 e. The highest BCUT2D eigenvalue weighted by Crippen LogP contribution is 2.35. The maximum absolute atomic E-state index is 13.1. The number of hydrogen-bond acceptors (Lipinski definition) is 5. The molecular formula is C29H21ClN2O4S. The summed E-state index contributed by atoms with van der Waals surface area (Å²) >= 11 is 6.98. The topological polar surface area (TPSA) is 75.7 Å². The maximum atomic E-state index is 13.1. The van der Waals surface area contributed by atoms with Crippen molar-refractivity contribution in [2.75, 3.05) is 11.9 Å². The van der Waals surface area contributed by atoms with Gasteiger partial charge in [0, 0.05) is 5.56 Å². The summed E-state index contributed by atoms with van der Waals surface area (Å²) in [6.45, 7) is -0.0628. The van der Waals surface area contributed by atoms with E-state index in [2.05, 4.69) is 5.32 Å². The van der Waals surface area contributed by atoms with Crippen molar-refractivity contribution >= 4 is 63.0 Å². The number of amides is 3. The first-order chi connectivity index (χ1) is 18.0. The number of ether oxygens (including phenoxy) is 1. The van der Waals surface area contributed by atoms with Gasteiger partial charge in [0.15, 0.2) is 6.61 Å². The minimum atomic E-state index is -0.376. The summed E-state index contributed by atoms with van der Waals surface area (Å²) in [5.41, 5.74) is 1.95. The van der Waals surface area contributed by atoms with Crippen LogP contribution in [0, 0.1) is 0 Å². The number of fused-ring (bicyclic) bond motifs is 1. The second-order valence-corrected chi connectivity index (χ2v) is 9.70. The highest BCUT2D eigenvalue weighted by molar-refractivity contribution is 8.18. The number of halogens is 1. The molecule has 1 aliphatic rings. The summed E-state index contributed by atoms with van der Waals surface area (Å²) in [5.74, 6) is -0.328. The molecule has 0 unspecified atom stereocenters. The standard InChI is InChI=1S/C29H21ClN2O4S/c30-23-10-4-5-11-24(23)31-27(33)18-36-25-12-6-3-9-22(25)16-26-28(34)32(29(35)37-26)17-19-13-14-20-7-1-2-8-21(20)15-19/h1-16H,17-18H2,(H,31,33)/b26-16-. The van der Waals surface area contributed by atoms with Crippen molar-refractivity contribution in [1.29, 1.82) is 0 Å². The van der Waals surface area contributed by atoms with E-state index >= 15 is 0 Å². The molecule has 3 amide bonds. The molecule has 1 fully saturated rings. The number of nitrogens with zero attached hydrogens (tertiary/aromatic N) is 1. The Balaban J connectivity index is 1.28. The van der Waals surface area contributed by atoms with Crippen LogP contribution in [0.5, 0.6) is 5.75 Å². The van der Waals surface area contributed by atoms with Gasteiger partial charge in [-0.25, -0.2) is 0 Å². The van der Waals surface area contributed by atoms with E-state index < -0.39 is 0 Å². The number of para-hydroxylation sites is 2. The van der Waals surface area contributed by atoms with Crippen LogP contribution < -0.4 is 10.1 Å². The van der Waals surface area contributed by atoms with Gasteiger partial charge in [-0.15, -0.1) is 0 Å². The number of rotatable bonds is 7. The molecule has 0 spiro atoms. The third-order valence-electron chi connectivity index (χ3n) is 5.74. The average molecular weight is 529 g/mol. The van der Waals surface area contributed by atoms with Crippen LogP contribution in [-0.4, -0.2) is 28.6 Å². The lowest BCUT2D eigenvalue weighted by Gasteiger charge is -2.13. The fourth-order valence-corrected chi connectivity index (χ4v) is 4.93. The van der Waals surface area contributed by atoms with Crippen molar-refractivity contribution in [2.24, 2.45) is 0 Å². The van der Waals surface area contributed by atoms with Gasteiger partial charge >= 0.3 is 0 Å². The van der Waals surface area contributed by atoms with Crippen molar-refractivity contribution in [3.8, 4) is 5.75 Å². The third-order valence-corrected chi connectivity index (χ3v) is 6.98. The highest BCUT2D eigenvalue weighted by Gasteiger charge is 2.35. The molecule has 0 saturated carbocycles. The molecule has 4 aromatic carbocycles. The Morgan fingerprint density at radius 2 is 1.65 bits per heavy atom. The number of imide groups is 1. The molecule has 0 radical (unpaired) electrons. The summed E-state index contributed by atoms with van der Waals surface area (Å²) in [6, 6.07) is 27.8.